The van der Waals surface area contributed by atoms with Crippen LogP contribution in [0.4, 0.5) is 10.5 Å². The number of aryl methyl sites for hydroxylation is 2. The molecule has 28 heavy (non-hydrogen) atoms. The molecule has 1 fully saturated rings. The SMILES string of the molecule is CCC1(C=CS(=O)(=O)NC(=O)Nc2c3c(cc4c2CCC4)CCC3)CCCN1. The van der Waals surface area contributed by atoms with Crippen molar-refractivity contribution in [3.8, 4) is 0 Å². The summed E-state index contributed by atoms with van der Waals surface area (Å²) in [6.45, 7) is 2.92. The van der Waals surface area contributed by atoms with E-state index in [0.717, 1.165) is 75.4 Å². The summed E-state index contributed by atoms with van der Waals surface area (Å²) in [5.74, 6) is 0. The Morgan fingerprint density at radius 1 is 1.14 bits per heavy atom. The summed E-state index contributed by atoms with van der Waals surface area (Å²) < 4.78 is 27.0. The number of carbonyl (C=O) groups excluding carboxylic acids is 1. The van der Waals surface area contributed by atoms with Crippen LogP contribution in [0.3, 0.4) is 0 Å². The Kier molecular flexibility index (Phi) is 5.22. The summed E-state index contributed by atoms with van der Waals surface area (Å²) in [6.07, 6.45) is 10.5. The van der Waals surface area contributed by atoms with E-state index in [9.17, 15) is 13.2 Å². The van der Waals surface area contributed by atoms with Gasteiger partial charge in [-0.1, -0.05) is 19.1 Å². The van der Waals surface area contributed by atoms with Gasteiger partial charge in [0, 0.05) is 16.6 Å². The molecular formula is C21H29N3O3S. The van der Waals surface area contributed by atoms with Gasteiger partial charge in [-0.05, 0) is 86.6 Å². The fourth-order valence-corrected chi connectivity index (χ4v) is 5.70. The first-order valence-electron chi connectivity index (χ1n) is 10.4. The Labute approximate surface area is 167 Å². The number of rotatable bonds is 5. The van der Waals surface area contributed by atoms with Crippen LogP contribution in [0.1, 0.15) is 61.3 Å². The highest BCUT2D eigenvalue weighted by Gasteiger charge is 2.30. The molecule has 1 aliphatic heterocycles. The summed E-state index contributed by atoms with van der Waals surface area (Å²) in [5, 5.41) is 7.37. The van der Waals surface area contributed by atoms with Crippen molar-refractivity contribution in [2.24, 2.45) is 0 Å². The average molecular weight is 404 g/mol. The summed E-state index contributed by atoms with van der Waals surface area (Å²) in [7, 11) is -3.85. The summed E-state index contributed by atoms with van der Waals surface area (Å²) >= 11 is 0. The lowest BCUT2D eigenvalue weighted by Crippen LogP contribution is -2.38. The van der Waals surface area contributed by atoms with Gasteiger partial charge in [-0.2, -0.15) is 0 Å². The Hall–Kier alpha value is -1.86. The molecule has 4 rings (SSSR count). The van der Waals surface area contributed by atoms with E-state index >= 15 is 0 Å². The van der Waals surface area contributed by atoms with Gasteiger partial charge in [0.05, 0.1) is 0 Å². The van der Waals surface area contributed by atoms with Crippen molar-refractivity contribution in [2.45, 2.75) is 70.3 Å². The molecule has 0 spiro atoms. The van der Waals surface area contributed by atoms with Crippen molar-refractivity contribution < 1.29 is 13.2 Å². The third-order valence-corrected chi connectivity index (χ3v) is 7.38. The topological polar surface area (TPSA) is 87.3 Å². The largest absolute Gasteiger partial charge is 0.333 e. The number of carbonyl (C=O) groups is 1. The predicted molar refractivity (Wildman–Crippen MR) is 111 cm³/mol. The normalized spacial score (nSPS) is 23.8. The third kappa shape index (κ3) is 3.82. The van der Waals surface area contributed by atoms with Crippen molar-refractivity contribution in [3.63, 3.8) is 0 Å². The molecule has 7 heteroatoms. The molecule has 1 aromatic rings. The van der Waals surface area contributed by atoms with Crippen molar-refractivity contribution in [2.75, 3.05) is 11.9 Å². The van der Waals surface area contributed by atoms with Crippen LogP contribution in [0.25, 0.3) is 0 Å². The minimum absolute atomic E-state index is 0.285. The van der Waals surface area contributed by atoms with E-state index in [4.69, 9.17) is 0 Å². The van der Waals surface area contributed by atoms with Crippen LogP contribution < -0.4 is 15.4 Å². The van der Waals surface area contributed by atoms with E-state index in [-0.39, 0.29) is 5.54 Å². The Morgan fingerprint density at radius 2 is 1.82 bits per heavy atom. The zero-order valence-corrected chi connectivity index (χ0v) is 17.3. The Morgan fingerprint density at radius 3 is 2.39 bits per heavy atom. The van der Waals surface area contributed by atoms with Crippen molar-refractivity contribution >= 4 is 21.7 Å². The van der Waals surface area contributed by atoms with Crippen LogP contribution in [0.5, 0.6) is 0 Å². The highest BCUT2D eigenvalue weighted by molar-refractivity contribution is 7.92. The van der Waals surface area contributed by atoms with Crippen LogP contribution in [-0.2, 0) is 35.7 Å². The number of urea groups is 1. The number of hydrogen-bond acceptors (Lipinski definition) is 4. The fraction of sp³-hybridized carbons (Fsp3) is 0.571. The molecule has 0 bridgehead atoms. The number of sulfonamides is 1. The van der Waals surface area contributed by atoms with Gasteiger partial charge >= 0.3 is 6.03 Å². The van der Waals surface area contributed by atoms with Crippen LogP contribution in [0, 0.1) is 0 Å². The zero-order valence-electron chi connectivity index (χ0n) is 16.4. The van der Waals surface area contributed by atoms with Crippen LogP contribution in [-0.4, -0.2) is 26.5 Å². The van der Waals surface area contributed by atoms with Gasteiger partial charge in [0.25, 0.3) is 10.0 Å². The summed E-state index contributed by atoms with van der Waals surface area (Å²) in [5.41, 5.74) is 5.54. The first-order chi connectivity index (χ1) is 13.4. The lowest BCUT2D eigenvalue weighted by atomic mass is 9.95. The molecule has 1 atom stereocenters. The number of hydrogen-bond donors (Lipinski definition) is 3. The van der Waals surface area contributed by atoms with Gasteiger partial charge in [-0.3, -0.25) is 0 Å². The predicted octanol–water partition coefficient (Wildman–Crippen LogP) is 3.16. The molecule has 2 amide bonds. The maximum Gasteiger partial charge on any atom is 0.333 e. The maximum absolute atomic E-state index is 12.5. The third-order valence-electron chi connectivity index (χ3n) is 6.42. The molecule has 2 aliphatic carbocycles. The fourth-order valence-electron chi connectivity index (χ4n) is 4.88. The van der Waals surface area contributed by atoms with E-state index in [2.05, 4.69) is 21.4 Å². The van der Waals surface area contributed by atoms with Gasteiger partial charge in [0.2, 0.25) is 0 Å². The standard InChI is InChI=1S/C21H29N3O3S/c1-2-21(10-5-12-22-21)11-13-28(26,27)24-20(25)23-19-17-8-3-6-15(17)14-16-7-4-9-18(16)19/h11,13-14,22H,2-10,12H2,1H3,(H2,23,24,25). The van der Waals surface area contributed by atoms with Gasteiger partial charge in [-0.25, -0.2) is 17.9 Å². The lowest BCUT2D eigenvalue weighted by Gasteiger charge is -2.23. The zero-order chi connectivity index (χ0) is 19.8. The minimum Gasteiger partial charge on any atom is -0.308 e. The number of benzene rings is 1. The van der Waals surface area contributed by atoms with Crippen LogP contribution >= 0.6 is 0 Å². The molecule has 1 aromatic carbocycles. The molecule has 1 heterocycles. The van der Waals surface area contributed by atoms with E-state index in [1.807, 2.05) is 6.92 Å². The van der Waals surface area contributed by atoms with E-state index in [1.165, 1.54) is 22.3 Å². The molecule has 1 unspecified atom stereocenters. The second-order valence-corrected chi connectivity index (χ2v) is 9.74. The monoisotopic (exact) mass is 403 g/mol. The highest BCUT2D eigenvalue weighted by atomic mass is 32.2. The maximum atomic E-state index is 12.5. The quantitative estimate of drug-likeness (QED) is 0.705. The van der Waals surface area contributed by atoms with Crippen LogP contribution in [0.15, 0.2) is 17.6 Å². The number of fused-ring (bicyclic) bond motifs is 2. The molecule has 3 N–H and O–H groups in total. The molecule has 3 aliphatic rings. The molecule has 6 nitrogen and oxygen atoms in total. The van der Waals surface area contributed by atoms with Gasteiger partial charge in [-0.15, -0.1) is 0 Å². The van der Waals surface area contributed by atoms with Gasteiger partial charge in [0.1, 0.15) is 0 Å². The molecule has 0 aromatic heterocycles. The Balaban J connectivity index is 1.49. The van der Waals surface area contributed by atoms with E-state index in [1.54, 1.807) is 6.08 Å². The number of anilines is 1. The minimum atomic E-state index is -3.85. The van der Waals surface area contributed by atoms with E-state index < -0.39 is 16.1 Å². The number of amides is 2. The second kappa shape index (κ2) is 7.52. The molecular weight excluding hydrogens is 374 g/mol. The first-order valence-corrected chi connectivity index (χ1v) is 11.9. The van der Waals surface area contributed by atoms with Gasteiger partial charge in [0.15, 0.2) is 0 Å². The lowest BCUT2D eigenvalue weighted by molar-refractivity contribution is 0.256. The van der Waals surface area contributed by atoms with Crippen LogP contribution in [0.2, 0.25) is 0 Å². The Bertz CT molecular complexity index is 883. The highest BCUT2D eigenvalue weighted by Crippen LogP contribution is 2.38. The molecule has 0 saturated carbocycles. The smallest absolute Gasteiger partial charge is 0.308 e. The summed E-state index contributed by atoms with van der Waals surface area (Å²) in [4.78, 5) is 12.5. The molecule has 0 radical (unpaired) electrons. The van der Waals surface area contributed by atoms with Crippen molar-refractivity contribution in [3.05, 3.63) is 39.8 Å². The molecule has 152 valence electrons. The summed E-state index contributed by atoms with van der Waals surface area (Å²) in [6, 6.07) is 1.61. The average Bonchev–Trinajstić information content (AvgIpc) is 3.40. The second-order valence-electron chi connectivity index (χ2n) is 8.18. The van der Waals surface area contributed by atoms with E-state index in [0.29, 0.717) is 0 Å². The molecule has 1 saturated heterocycles. The van der Waals surface area contributed by atoms with Gasteiger partial charge < -0.3 is 10.6 Å². The van der Waals surface area contributed by atoms with Crippen molar-refractivity contribution in [1.29, 1.82) is 0 Å². The first kappa shape index (κ1) is 19.5. The van der Waals surface area contributed by atoms with Crippen molar-refractivity contribution in [1.82, 2.24) is 10.0 Å². The number of nitrogens with one attached hydrogen (secondary N) is 3.